The molecule has 0 saturated carbocycles. The van der Waals surface area contributed by atoms with Crippen LogP contribution < -0.4 is 20.2 Å². The van der Waals surface area contributed by atoms with Gasteiger partial charge in [0.2, 0.25) is 0 Å². The molecule has 77 heavy (non-hydrogen) atoms. The first-order valence-electron chi connectivity index (χ1n) is 26.8. The third kappa shape index (κ3) is 7.64. The van der Waals surface area contributed by atoms with Crippen molar-refractivity contribution in [2.24, 2.45) is 0 Å². The second-order valence-electron chi connectivity index (χ2n) is 21.1. The molecule has 12 aromatic carbocycles. The molecule has 0 aliphatic heterocycles. The van der Waals surface area contributed by atoms with Gasteiger partial charge in [0.05, 0.1) is 33.4 Å². The number of aryl methyl sites for hydroxylation is 2. The molecule has 14 aromatic rings. The van der Waals surface area contributed by atoms with Gasteiger partial charge in [0, 0.05) is 66.4 Å². The molecule has 0 spiro atoms. The summed E-state index contributed by atoms with van der Waals surface area (Å²) in [6.45, 7) is 9.69. The van der Waals surface area contributed by atoms with Gasteiger partial charge in [-0.3, -0.25) is 0 Å². The van der Waals surface area contributed by atoms with E-state index in [4.69, 9.17) is 0 Å². The zero-order valence-electron chi connectivity index (χ0n) is 43.7. The van der Waals surface area contributed by atoms with Gasteiger partial charge in [-0.05, 0) is 145 Å². The molecule has 368 valence electrons. The van der Waals surface area contributed by atoms with E-state index in [2.05, 4.69) is 313 Å². The molecular weight excluding hydrogens is 949 g/mol. The molecule has 0 N–H and O–H groups in total. The zero-order valence-corrected chi connectivity index (χ0v) is 44.7. The molecule has 2 heterocycles. The van der Waals surface area contributed by atoms with Crippen molar-refractivity contribution in [2.75, 3.05) is 9.80 Å². The Kier molecular flexibility index (Phi) is 11.1. The van der Waals surface area contributed by atoms with E-state index in [1.165, 1.54) is 86.7 Å². The quantitative estimate of drug-likeness (QED) is 0.127. The highest BCUT2D eigenvalue weighted by Gasteiger charge is 2.31. The fourth-order valence-electron chi connectivity index (χ4n) is 12.7. The monoisotopic (exact) mass is 1000 g/mol. The molecule has 0 saturated heterocycles. The van der Waals surface area contributed by atoms with E-state index < -0.39 is 8.07 Å². The van der Waals surface area contributed by atoms with E-state index in [9.17, 15) is 0 Å². The first-order valence-corrected chi connectivity index (χ1v) is 29.8. The third-order valence-corrected chi connectivity index (χ3v) is 20.0. The summed E-state index contributed by atoms with van der Waals surface area (Å²) in [5.41, 5.74) is 16.5. The summed E-state index contributed by atoms with van der Waals surface area (Å²) < 4.78 is 4.79. The predicted octanol–water partition coefficient (Wildman–Crippen LogP) is 18.6. The van der Waals surface area contributed by atoms with Crippen molar-refractivity contribution in [1.82, 2.24) is 9.13 Å². The van der Waals surface area contributed by atoms with Crippen LogP contribution >= 0.6 is 0 Å². The van der Waals surface area contributed by atoms with E-state index in [-0.39, 0.29) is 0 Å². The van der Waals surface area contributed by atoms with Gasteiger partial charge in [-0.25, -0.2) is 0 Å². The fraction of sp³-hybridized carbons (Fsp3) is 0.0556. The van der Waals surface area contributed by atoms with E-state index in [0.29, 0.717) is 0 Å². The van der Waals surface area contributed by atoms with Gasteiger partial charge in [-0.1, -0.05) is 181 Å². The van der Waals surface area contributed by atoms with Gasteiger partial charge in [-0.2, -0.15) is 0 Å². The number of benzene rings is 12. The number of rotatable bonds is 10. The summed E-state index contributed by atoms with van der Waals surface area (Å²) >= 11 is 0. The average molecular weight is 1010 g/mol. The second kappa shape index (κ2) is 18.4. The Hall–Kier alpha value is -9.42. The SMILES string of the molecule is Cc1cc(N(c2ccc3c(c2)c2ccccc2n3-c2ccccc2)c2cccc3ccccc23)ccc1[Si](C)(C)c1ccc(N(c2ccc3c(c2)c2ccccc2n3-c2ccccc2)c2cccc3ccccc23)cc1C. The lowest BCUT2D eigenvalue weighted by Gasteiger charge is -2.32. The van der Waals surface area contributed by atoms with E-state index >= 15 is 0 Å². The van der Waals surface area contributed by atoms with Crippen molar-refractivity contribution in [3.8, 4) is 11.4 Å². The smallest absolute Gasteiger partial charge is 0.112 e. The highest BCUT2D eigenvalue weighted by atomic mass is 28.3. The molecule has 5 heteroatoms. The van der Waals surface area contributed by atoms with Crippen LogP contribution in [-0.2, 0) is 0 Å². The normalized spacial score (nSPS) is 11.9. The molecular formula is C72H56N4Si. The maximum Gasteiger partial charge on any atom is 0.112 e. The summed E-state index contributed by atoms with van der Waals surface area (Å²) in [7, 11) is -2.30. The Morgan fingerprint density at radius 2 is 0.623 bits per heavy atom. The molecule has 0 unspecified atom stereocenters. The predicted molar refractivity (Wildman–Crippen MR) is 332 cm³/mol. The molecule has 0 aliphatic carbocycles. The van der Waals surface area contributed by atoms with Gasteiger partial charge in [-0.15, -0.1) is 0 Å². The fourth-order valence-corrected chi connectivity index (χ4v) is 16.1. The number of fused-ring (bicyclic) bond motifs is 8. The molecule has 2 aromatic heterocycles. The summed E-state index contributed by atoms with van der Waals surface area (Å²) in [6, 6.07) is 98.4. The maximum absolute atomic E-state index is 2.52. The lowest BCUT2D eigenvalue weighted by atomic mass is 10.0. The third-order valence-electron chi connectivity index (χ3n) is 16.2. The Balaban J connectivity index is 0.878. The lowest BCUT2D eigenvalue weighted by molar-refractivity contribution is 1.18. The van der Waals surface area contributed by atoms with Crippen molar-refractivity contribution < 1.29 is 0 Å². The Labute approximate surface area is 450 Å². The number of hydrogen-bond acceptors (Lipinski definition) is 2. The van der Waals surface area contributed by atoms with Crippen LogP contribution in [-0.4, -0.2) is 17.2 Å². The minimum absolute atomic E-state index is 1.12. The van der Waals surface area contributed by atoms with E-state index in [1.807, 2.05) is 0 Å². The number of nitrogens with zero attached hydrogens (tertiary/aromatic N) is 4. The summed E-state index contributed by atoms with van der Waals surface area (Å²) in [5.74, 6) is 0. The van der Waals surface area contributed by atoms with Gasteiger partial charge >= 0.3 is 0 Å². The zero-order chi connectivity index (χ0) is 51.8. The molecule has 0 atom stereocenters. The van der Waals surface area contributed by atoms with E-state index in [1.54, 1.807) is 0 Å². The van der Waals surface area contributed by atoms with Crippen LogP contribution in [0, 0.1) is 13.8 Å². The molecule has 0 bridgehead atoms. The minimum atomic E-state index is -2.30. The maximum atomic E-state index is 2.52. The van der Waals surface area contributed by atoms with Crippen LogP contribution in [0.1, 0.15) is 11.1 Å². The molecule has 4 nitrogen and oxygen atoms in total. The number of para-hydroxylation sites is 4. The minimum Gasteiger partial charge on any atom is -0.310 e. The summed E-state index contributed by atoms with van der Waals surface area (Å²) in [5, 5.41) is 12.6. The van der Waals surface area contributed by atoms with Crippen molar-refractivity contribution in [1.29, 1.82) is 0 Å². The lowest BCUT2D eigenvalue weighted by Crippen LogP contribution is -2.55. The largest absolute Gasteiger partial charge is 0.310 e. The Morgan fingerprint density at radius 3 is 1.05 bits per heavy atom. The summed E-state index contributed by atoms with van der Waals surface area (Å²) in [4.78, 5) is 4.95. The molecule has 0 radical (unpaired) electrons. The number of hydrogen-bond donors (Lipinski definition) is 0. The topological polar surface area (TPSA) is 16.3 Å². The van der Waals surface area contributed by atoms with E-state index in [0.717, 1.165) is 45.5 Å². The van der Waals surface area contributed by atoms with Crippen LogP contribution in [0.4, 0.5) is 34.1 Å². The van der Waals surface area contributed by atoms with Crippen LogP contribution in [0.25, 0.3) is 76.5 Å². The van der Waals surface area contributed by atoms with Gasteiger partial charge in [0.25, 0.3) is 0 Å². The van der Waals surface area contributed by atoms with Crippen LogP contribution in [0.2, 0.25) is 13.1 Å². The molecule has 14 rings (SSSR count). The molecule has 0 fully saturated rings. The van der Waals surface area contributed by atoms with Crippen LogP contribution in [0.15, 0.2) is 267 Å². The number of anilines is 6. The van der Waals surface area contributed by atoms with Gasteiger partial charge in [0.1, 0.15) is 8.07 Å². The van der Waals surface area contributed by atoms with Gasteiger partial charge < -0.3 is 18.9 Å². The van der Waals surface area contributed by atoms with Crippen LogP contribution in [0.3, 0.4) is 0 Å². The van der Waals surface area contributed by atoms with Crippen molar-refractivity contribution in [3.63, 3.8) is 0 Å². The Morgan fingerprint density at radius 1 is 0.286 bits per heavy atom. The second-order valence-corrected chi connectivity index (χ2v) is 25.4. The molecule has 0 amide bonds. The van der Waals surface area contributed by atoms with Gasteiger partial charge in [0.15, 0.2) is 0 Å². The van der Waals surface area contributed by atoms with Crippen molar-refractivity contribution in [3.05, 3.63) is 278 Å². The Bertz CT molecular complexity index is 4290. The molecule has 0 aliphatic rings. The van der Waals surface area contributed by atoms with Crippen molar-refractivity contribution >= 4 is 118 Å². The highest BCUT2D eigenvalue weighted by Crippen LogP contribution is 2.45. The highest BCUT2D eigenvalue weighted by molar-refractivity contribution is 7.01. The standard InChI is InChI=1S/C72H56N4Si/c1-49-45-55(73(65-35-19-23-51-21-11-13-29-59(51)65)57-37-41-69-63(47-57)61-31-15-17-33-67(61)75(69)53-25-7-5-8-26-53)39-43-71(49)77(3,4)72-44-40-56(46-50(72)2)74(66-36-20-24-52-22-12-14-30-60(52)66)58-38-42-70-64(48-58)62-32-16-18-34-68(62)76(70)54-27-9-6-10-28-54/h5-48H,1-4H3. The summed E-state index contributed by atoms with van der Waals surface area (Å²) in [6.07, 6.45) is 0. The van der Waals surface area contributed by atoms with Crippen LogP contribution in [0.5, 0.6) is 0 Å². The first kappa shape index (κ1) is 46.1. The number of aromatic nitrogens is 2. The van der Waals surface area contributed by atoms with Crippen molar-refractivity contribution in [2.45, 2.75) is 26.9 Å². The average Bonchev–Trinajstić information content (AvgIpc) is 4.10. The first-order chi connectivity index (χ1) is 37.8.